The molecule has 0 aliphatic rings. The number of carbonyl (C=O) groups is 1. The highest BCUT2D eigenvalue weighted by molar-refractivity contribution is 14.1. The molecule has 0 aromatic heterocycles. The van der Waals surface area contributed by atoms with Crippen molar-refractivity contribution in [1.82, 2.24) is 0 Å². The van der Waals surface area contributed by atoms with E-state index in [9.17, 15) is 4.79 Å². The SMILES string of the molecule is NCC(C(=O)Nc1ccc(I)cc1)c1ccccc1. The summed E-state index contributed by atoms with van der Waals surface area (Å²) in [5.41, 5.74) is 7.45. The van der Waals surface area contributed by atoms with Gasteiger partial charge in [-0.15, -0.1) is 0 Å². The Hall–Kier alpha value is -1.40. The average Bonchev–Trinajstić information content (AvgIpc) is 2.43. The molecule has 0 heterocycles. The van der Waals surface area contributed by atoms with E-state index in [0.717, 1.165) is 14.8 Å². The second kappa shape index (κ2) is 6.68. The van der Waals surface area contributed by atoms with Crippen molar-refractivity contribution in [3.63, 3.8) is 0 Å². The van der Waals surface area contributed by atoms with Crippen LogP contribution in [0.3, 0.4) is 0 Å². The van der Waals surface area contributed by atoms with Crippen LogP contribution in [0.2, 0.25) is 0 Å². The Bertz CT molecular complexity index is 540. The molecule has 0 saturated carbocycles. The summed E-state index contributed by atoms with van der Waals surface area (Å²) in [5, 5.41) is 2.90. The number of nitrogens with two attached hydrogens (primary N) is 1. The second-order valence-corrected chi connectivity index (χ2v) is 5.44. The normalized spacial score (nSPS) is 11.9. The van der Waals surface area contributed by atoms with E-state index in [-0.39, 0.29) is 11.8 Å². The summed E-state index contributed by atoms with van der Waals surface area (Å²) in [7, 11) is 0. The maximum atomic E-state index is 12.2. The van der Waals surface area contributed by atoms with E-state index in [1.54, 1.807) is 0 Å². The summed E-state index contributed by atoms with van der Waals surface area (Å²) in [5.74, 6) is -0.393. The van der Waals surface area contributed by atoms with Crippen LogP contribution in [0, 0.1) is 3.57 Å². The number of hydrogen-bond acceptors (Lipinski definition) is 2. The summed E-state index contributed by atoms with van der Waals surface area (Å²) in [6.07, 6.45) is 0. The van der Waals surface area contributed by atoms with Crippen LogP contribution in [0.1, 0.15) is 11.5 Å². The largest absolute Gasteiger partial charge is 0.329 e. The highest BCUT2D eigenvalue weighted by Crippen LogP contribution is 2.18. The number of anilines is 1. The third-order valence-corrected chi connectivity index (χ3v) is 3.59. The molecule has 3 nitrogen and oxygen atoms in total. The van der Waals surface area contributed by atoms with E-state index in [4.69, 9.17) is 5.73 Å². The number of carbonyl (C=O) groups excluding carboxylic acids is 1. The first-order valence-electron chi connectivity index (χ1n) is 6.02. The number of hydrogen-bond donors (Lipinski definition) is 2. The van der Waals surface area contributed by atoms with Crippen LogP contribution in [-0.4, -0.2) is 12.5 Å². The van der Waals surface area contributed by atoms with Crippen molar-refractivity contribution in [3.05, 3.63) is 63.7 Å². The van der Waals surface area contributed by atoms with E-state index in [1.165, 1.54) is 0 Å². The molecule has 19 heavy (non-hydrogen) atoms. The van der Waals surface area contributed by atoms with Crippen LogP contribution in [0.25, 0.3) is 0 Å². The zero-order valence-electron chi connectivity index (χ0n) is 10.3. The summed E-state index contributed by atoms with van der Waals surface area (Å²) in [6.45, 7) is 0.292. The zero-order chi connectivity index (χ0) is 13.7. The molecule has 2 aromatic carbocycles. The Balaban J connectivity index is 2.11. The van der Waals surface area contributed by atoms with Crippen molar-refractivity contribution in [2.24, 2.45) is 5.73 Å². The molecule has 98 valence electrons. The van der Waals surface area contributed by atoms with Gasteiger partial charge in [-0.3, -0.25) is 4.79 Å². The molecule has 0 aliphatic heterocycles. The van der Waals surface area contributed by atoms with Gasteiger partial charge < -0.3 is 11.1 Å². The minimum absolute atomic E-state index is 0.0742. The van der Waals surface area contributed by atoms with Crippen molar-refractivity contribution in [3.8, 4) is 0 Å². The monoisotopic (exact) mass is 366 g/mol. The number of halogens is 1. The fourth-order valence-corrected chi connectivity index (χ4v) is 2.20. The smallest absolute Gasteiger partial charge is 0.233 e. The van der Waals surface area contributed by atoms with E-state index >= 15 is 0 Å². The average molecular weight is 366 g/mol. The molecule has 0 fully saturated rings. The van der Waals surface area contributed by atoms with Gasteiger partial charge in [0.2, 0.25) is 5.91 Å². The van der Waals surface area contributed by atoms with Gasteiger partial charge in [-0.2, -0.15) is 0 Å². The lowest BCUT2D eigenvalue weighted by Crippen LogP contribution is -2.27. The molecule has 1 amide bonds. The lowest BCUT2D eigenvalue weighted by Gasteiger charge is -2.15. The Morgan fingerprint density at radius 2 is 1.74 bits per heavy atom. The van der Waals surface area contributed by atoms with Crippen LogP contribution >= 0.6 is 22.6 Å². The third-order valence-electron chi connectivity index (χ3n) is 2.87. The lowest BCUT2D eigenvalue weighted by molar-refractivity contribution is -0.117. The van der Waals surface area contributed by atoms with E-state index in [0.29, 0.717) is 6.54 Å². The van der Waals surface area contributed by atoms with Gasteiger partial charge in [0.25, 0.3) is 0 Å². The predicted molar refractivity (Wildman–Crippen MR) is 86.0 cm³/mol. The number of rotatable bonds is 4. The van der Waals surface area contributed by atoms with Crippen molar-refractivity contribution in [2.75, 3.05) is 11.9 Å². The fourth-order valence-electron chi connectivity index (χ4n) is 1.84. The molecule has 0 aliphatic carbocycles. The standard InChI is InChI=1S/C15H15IN2O/c16-12-6-8-13(9-7-12)18-15(19)14(10-17)11-4-2-1-3-5-11/h1-9,14H,10,17H2,(H,18,19). The molecular formula is C15H15IN2O. The fraction of sp³-hybridized carbons (Fsp3) is 0.133. The second-order valence-electron chi connectivity index (χ2n) is 4.20. The summed E-state index contributed by atoms with van der Waals surface area (Å²) in [6, 6.07) is 17.3. The van der Waals surface area contributed by atoms with E-state index < -0.39 is 0 Å². The maximum absolute atomic E-state index is 12.2. The maximum Gasteiger partial charge on any atom is 0.233 e. The van der Waals surface area contributed by atoms with Gasteiger partial charge in [-0.05, 0) is 52.4 Å². The third kappa shape index (κ3) is 3.78. The van der Waals surface area contributed by atoms with Crippen molar-refractivity contribution in [1.29, 1.82) is 0 Å². The number of benzene rings is 2. The van der Waals surface area contributed by atoms with Gasteiger partial charge in [0, 0.05) is 15.8 Å². The molecular weight excluding hydrogens is 351 g/mol. The van der Waals surface area contributed by atoms with Crippen LogP contribution in [0.5, 0.6) is 0 Å². The van der Waals surface area contributed by atoms with Crippen molar-refractivity contribution >= 4 is 34.2 Å². The predicted octanol–water partition coefficient (Wildman–Crippen LogP) is 2.97. The Kier molecular flexibility index (Phi) is 4.93. The molecule has 0 spiro atoms. The number of amides is 1. The quantitative estimate of drug-likeness (QED) is 0.818. The minimum atomic E-state index is -0.319. The first-order chi connectivity index (χ1) is 9.20. The lowest BCUT2D eigenvalue weighted by atomic mass is 9.98. The molecule has 4 heteroatoms. The Morgan fingerprint density at radius 3 is 2.32 bits per heavy atom. The van der Waals surface area contributed by atoms with Crippen molar-refractivity contribution < 1.29 is 4.79 Å². The van der Waals surface area contributed by atoms with Crippen LogP contribution < -0.4 is 11.1 Å². The summed E-state index contributed by atoms with van der Waals surface area (Å²) >= 11 is 2.23. The summed E-state index contributed by atoms with van der Waals surface area (Å²) < 4.78 is 1.13. The molecule has 1 atom stereocenters. The van der Waals surface area contributed by atoms with Crippen LogP contribution in [0.15, 0.2) is 54.6 Å². The molecule has 1 unspecified atom stereocenters. The summed E-state index contributed by atoms with van der Waals surface area (Å²) in [4.78, 5) is 12.2. The highest BCUT2D eigenvalue weighted by atomic mass is 127. The number of nitrogens with one attached hydrogen (secondary N) is 1. The molecule has 0 bridgehead atoms. The highest BCUT2D eigenvalue weighted by Gasteiger charge is 2.18. The first kappa shape index (κ1) is 14.0. The Morgan fingerprint density at radius 1 is 1.11 bits per heavy atom. The van der Waals surface area contributed by atoms with Gasteiger partial charge in [0.05, 0.1) is 5.92 Å². The van der Waals surface area contributed by atoms with Gasteiger partial charge in [-0.1, -0.05) is 30.3 Å². The molecule has 2 rings (SSSR count). The van der Waals surface area contributed by atoms with E-state index in [2.05, 4.69) is 27.9 Å². The topological polar surface area (TPSA) is 55.1 Å². The van der Waals surface area contributed by atoms with Crippen LogP contribution in [-0.2, 0) is 4.79 Å². The molecule has 0 radical (unpaired) electrons. The minimum Gasteiger partial charge on any atom is -0.329 e. The van der Waals surface area contributed by atoms with Gasteiger partial charge in [0.15, 0.2) is 0 Å². The molecule has 0 saturated heterocycles. The van der Waals surface area contributed by atoms with Gasteiger partial charge >= 0.3 is 0 Å². The first-order valence-corrected chi connectivity index (χ1v) is 7.10. The molecule has 3 N–H and O–H groups in total. The zero-order valence-corrected chi connectivity index (χ0v) is 12.5. The van der Waals surface area contributed by atoms with Gasteiger partial charge in [-0.25, -0.2) is 0 Å². The molecule has 2 aromatic rings. The van der Waals surface area contributed by atoms with Crippen LogP contribution in [0.4, 0.5) is 5.69 Å². The van der Waals surface area contributed by atoms with Crippen molar-refractivity contribution in [2.45, 2.75) is 5.92 Å². The van der Waals surface area contributed by atoms with E-state index in [1.807, 2.05) is 54.6 Å². The Labute approximate surface area is 126 Å². The van der Waals surface area contributed by atoms with Gasteiger partial charge in [0.1, 0.15) is 0 Å².